The molecule has 0 fully saturated rings. The molecule has 7 nitrogen and oxygen atoms in total. The fourth-order valence-corrected chi connectivity index (χ4v) is 1.96. The van der Waals surface area contributed by atoms with Gasteiger partial charge in [0.1, 0.15) is 5.69 Å². The Morgan fingerprint density at radius 2 is 2.30 bits per heavy atom. The number of aromatic amines is 1. The average molecular weight is 271 g/mol. The number of aromatic nitrogens is 3. The van der Waals surface area contributed by atoms with Gasteiger partial charge in [-0.2, -0.15) is 4.98 Å². The maximum absolute atomic E-state index is 12.0. The quantitative estimate of drug-likeness (QED) is 0.615. The van der Waals surface area contributed by atoms with Crippen LogP contribution in [0.5, 0.6) is 0 Å². The summed E-state index contributed by atoms with van der Waals surface area (Å²) in [5, 5.41) is 7.37. The van der Waals surface area contributed by atoms with Gasteiger partial charge < -0.3 is 20.6 Å². The molecule has 20 heavy (non-hydrogen) atoms. The minimum Gasteiger partial charge on any atom is -0.399 e. The Bertz CT molecular complexity index is 732. The molecule has 0 radical (unpaired) electrons. The molecule has 0 aliphatic rings. The van der Waals surface area contributed by atoms with Crippen molar-refractivity contribution in [3.8, 4) is 0 Å². The number of anilines is 1. The van der Waals surface area contributed by atoms with E-state index in [9.17, 15) is 4.79 Å². The lowest BCUT2D eigenvalue weighted by Crippen LogP contribution is -2.26. The number of carbonyl (C=O) groups is 1. The van der Waals surface area contributed by atoms with Crippen LogP contribution >= 0.6 is 0 Å². The number of hydrogen-bond acceptors (Lipinski definition) is 5. The third kappa shape index (κ3) is 2.46. The minimum atomic E-state index is -0.178. The number of nitrogens with zero attached hydrogens (tertiary/aromatic N) is 2. The molecule has 0 spiro atoms. The SMILES string of the molecule is Nc1ccc2[nH]c(C(=O)NCCc3ncon3)cc2c1. The van der Waals surface area contributed by atoms with Crippen LogP contribution in [0.3, 0.4) is 0 Å². The number of rotatable bonds is 4. The third-order valence-corrected chi connectivity index (χ3v) is 2.93. The molecule has 2 heterocycles. The zero-order chi connectivity index (χ0) is 13.9. The number of carbonyl (C=O) groups excluding carboxylic acids is 1. The topological polar surface area (TPSA) is 110 Å². The summed E-state index contributed by atoms with van der Waals surface area (Å²) in [5.41, 5.74) is 7.75. The van der Waals surface area contributed by atoms with Gasteiger partial charge in [-0.3, -0.25) is 4.79 Å². The van der Waals surface area contributed by atoms with Gasteiger partial charge in [0.05, 0.1) is 0 Å². The summed E-state index contributed by atoms with van der Waals surface area (Å²) in [6.45, 7) is 0.440. The molecule has 0 aliphatic heterocycles. The van der Waals surface area contributed by atoms with Crippen LogP contribution < -0.4 is 11.1 Å². The number of nitrogens with two attached hydrogens (primary N) is 1. The van der Waals surface area contributed by atoms with Crippen LogP contribution in [0.1, 0.15) is 16.3 Å². The second-order valence-electron chi connectivity index (χ2n) is 4.38. The zero-order valence-corrected chi connectivity index (χ0v) is 10.6. The highest BCUT2D eigenvalue weighted by molar-refractivity contribution is 5.98. The van der Waals surface area contributed by atoms with Gasteiger partial charge in [-0.05, 0) is 24.3 Å². The van der Waals surface area contributed by atoms with Crippen LogP contribution in [0, 0.1) is 0 Å². The average Bonchev–Trinajstić information content (AvgIpc) is 3.06. The fraction of sp³-hybridized carbons (Fsp3) is 0.154. The normalized spacial score (nSPS) is 10.8. The van der Waals surface area contributed by atoms with Crippen molar-refractivity contribution in [3.63, 3.8) is 0 Å². The molecule has 0 saturated carbocycles. The molecule has 4 N–H and O–H groups in total. The Hall–Kier alpha value is -2.83. The van der Waals surface area contributed by atoms with Crippen LogP contribution in [0.15, 0.2) is 35.2 Å². The summed E-state index contributed by atoms with van der Waals surface area (Å²) in [6.07, 6.45) is 1.79. The van der Waals surface area contributed by atoms with Gasteiger partial charge in [-0.15, -0.1) is 0 Å². The molecule has 102 valence electrons. The number of H-pyrrole nitrogens is 1. The number of nitrogens with one attached hydrogen (secondary N) is 2. The second-order valence-corrected chi connectivity index (χ2v) is 4.38. The first-order valence-electron chi connectivity index (χ1n) is 6.14. The van der Waals surface area contributed by atoms with Crippen LogP contribution in [0.25, 0.3) is 10.9 Å². The zero-order valence-electron chi connectivity index (χ0n) is 10.6. The van der Waals surface area contributed by atoms with Crippen molar-refractivity contribution in [2.24, 2.45) is 0 Å². The first-order chi connectivity index (χ1) is 9.72. The van der Waals surface area contributed by atoms with E-state index in [1.807, 2.05) is 12.1 Å². The van der Waals surface area contributed by atoms with Crippen LogP contribution in [0.2, 0.25) is 0 Å². The highest BCUT2D eigenvalue weighted by Crippen LogP contribution is 2.18. The molecule has 0 aliphatic carbocycles. The predicted octanol–water partition coefficient (Wildman–Crippen LogP) is 1.11. The molecular weight excluding hydrogens is 258 g/mol. The highest BCUT2D eigenvalue weighted by Gasteiger charge is 2.09. The molecule has 7 heteroatoms. The van der Waals surface area contributed by atoms with E-state index in [1.165, 1.54) is 6.39 Å². The van der Waals surface area contributed by atoms with Crippen LogP contribution in [-0.4, -0.2) is 27.6 Å². The van der Waals surface area contributed by atoms with Crippen LogP contribution in [-0.2, 0) is 6.42 Å². The summed E-state index contributed by atoms with van der Waals surface area (Å²) in [5.74, 6) is 0.387. The molecule has 0 atom stereocenters. The minimum absolute atomic E-state index is 0.178. The largest absolute Gasteiger partial charge is 0.399 e. The molecular formula is C13H13N5O2. The molecule has 0 saturated heterocycles. The maximum Gasteiger partial charge on any atom is 0.267 e. The molecule has 3 aromatic rings. The highest BCUT2D eigenvalue weighted by atomic mass is 16.5. The lowest BCUT2D eigenvalue weighted by Gasteiger charge is -2.00. The van der Waals surface area contributed by atoms with E-state index in [0.717, 1.165) is 10.9 Å². The van der Waals surface area contributed by atoms with E-state index in [4.69, 9.17) is 5.73 Å². The first kappa shape index (κ1) is 12.2. The van der Waals surface area contributed by atoms with Crippen molar-refractivity contribution in [2.75, 3.05) is 12.3 Å². The van der Waals surface area contributed by atoms with Crippen molar-refractivity contribution in [2.45, 2.75) is 6.42 Å². The van der Waals surface area contributed by atoms with Crippen LogP contribution in [0.4, 0.5) is 5.69 Å². The fourth-order valence-electron chi connectivity index (χ4n) is 1.96. The standard InChI is InChI=1S/C13H13N5O2/c14-9-1-2-10-8(5-9)6-11(17-10)13(19)15-4-3-12-16-7-20-18-12/h1-2,5-7,17H,3-4,14H2,(H,15,19). The molecule has 1 amide bonds. The van der Waals surface area contributed by atoms with Gasteiger partial charge in [0.2, 0.25) is 6.39 Å². The van der Waals surface area contributed by atoms with Gasteiger partial charge >= 0.3 is 0 Å². The Kier molecular flexibility index (Phi) is 3.08. The predicted molar refractivity (Wildman–Crippen MR) is 73.0 cm³/mol. The summed E-state index contributed by atoms with van der Waals surface area (Å²) in [4.78, 5) is 18.9. The maximum atomic E-state index is 12.0. The summed E-state index contributed by atoms with van der Waals surface area (Å²) >= 11 is 0. The van der Waals surface area contributed by atoms with Crippen molar-refractivity contribution in [1.29, 1.82) is 0 Å². The lowest BCUT2D eigenvalue weighted by molar-refractivity contribution is 0.0950. The number of nitrogen functional groups attached to an aromatic ring is 1. The smallest absolute Gasteiger partial charge is 0.267 e. The molecule has 0 unspecified atom stereocenters. The summed E-state index contributed by atoms with van der Waals surface area (Å²) in [7, 11) is 0. The van der Waals surface area contributed by atoms with E-state index < -0.39 is 0 Å². The van der Waals surface area contributed by atoms with E-state index in [1.54, 1.807) is 12.1 Å². The Morgan fingerprint density at radius 1 is 1.40 bits per heavy atom. The number of fused-ring (bicyclic) bond motifs is 1. The summed E-state index contributed by atoms with van der Waals surface area (Å²) in [6, 6.07) is 7.23. The van der Waals surface area contributed by atoms with Crippen molar-refractivity contribution in [1.82, 2.24) is 20.4 Å². The lowest BCUT2D eigenvalue weighted by atomic mass is 10.2. The molecule has 0 bridgehead atoms. The Balaban J connectivity index is 1.66. The van der Waals surface area contributed by atoms with Crippen molar-refractivity contribution in [3.05, 3.63) is 42.2 Å². The van der Waals surface area contributed by atoms with E-state index in [2.05, 4.69) is 25.0 Å². The third-order valence-electron chi connectivity index (χ3n) is 2.93. The van der Waals surface area contributed by atoms with Crippen molar-refractivity contribution >= 4 is 22.5 Å². The van der Waals surface area contributed by atoms with Gasteiger partial charge in [0.25, 0.3) is 5.91 Å². The Labute approximate surface area is 114 Å². The molecule has 1 aromatic carbocycles. The van der Waals surface area contributed by atoms with Gasteiger partial charge in [0.15, 0.2) is 5.82 Å². The van der Waals surface area contributed by atoms with Gasteiger partial charge in [-0.25, -0.2) is 0 Å². The molecule has 3 rings (SSSR count). The monoisotopic (exact) mass is 271 g/mol. The number of amides is 1. The molecule has 2 aromatic heterocycles. The van der Waals surface area contributed by atoms with E-state index in [-0.39, 0.29) is 5.91 Å². The Morgan fingerprint density at radius 3 is 3.10 bits per heavy atom. The number of hydrogen-bond donors (Lipinski definition) is 3. The first-order valence-corrected chi connectivity index (χ1v) is 6.14. The van der Waals surface area contributed by atoms with E-state index >= 15 is 0 Å². The number of benzene rings is 1. The van der Waals surface area contributed by atoms with Gasteiger partial charge in [0, 0.05) is 29.6 Å². The second kappa shape index (κ2) is 5.04. The van der Waals surface area contributed by atoms with E-state index in [0.29, 0.717) is 30.2 Å². The summed E-state index contributed by atoms with van der Waals surface area (Å²) < 4.78 is 4.62. The van der Waals surface area contributed by atoms with Crippen molar-refractivity contribution < 1.29 is 9.32 Å². The van der Waals surface area contributed by atoms with Gasteiger partial charge in [-0.1, -0.05) is 5.16 Å².